The van der Waals surface area contributed by atoms with Gasteiger partial charge in [-0.2, -0.15) is 0 Å². The molecular formula is C23H28N2O4. The zero-order valence-electron chi connectivity index (χ0n) is 17.3. The first-order valence-electron chi connectivity index (χ1n) is 10.2. The van der Waals surface area contributed by atoms with Crippen LogP contribution >= 0.6 is 0 Å². The van der Waals surface area contributed by atoms with Crippen LogP contribution < -0.4 is 0 Å². The van der Waals surface area contributed by atoms with E-state index in [1.54, 1.807) is 9.80 Å². The smallest absolute Gasteiger partial charge is 0.410 e. The van der Waals surface area contributed by atoms with Crippen molar-refractivity contribution in [3.8, 4) is 0 Å². The topological polar surface area (TPSA) is 59.1 Å². The zero-order valence-corrected chi connectivity index (χ0v) is 17.3. The van der Waals surface area contributed by atoms with Crippen LogP contribution in [0.4, 0.5) is 9.59 Å². The first-order valence-corrected chi connectivity index (χ1v) is 10.2. The number of ether oxygens (including phenoxy) is 2. The van der Waals surface area contributed by atoms with Gasteiger partial charge in [-0.1, -0.05) is 42.5 Å². The highest BCUT2D eigenvalue weighted by Crippen LogP contribution is 2.35. The molecule has 2 saturated heterocycles. The number of carbonyl (C=O) groups excluding carboxylic acids is 2. The van der Waals surface area contributed by atoms with Gasteiger partial charge >= 0.3 is 12.2 Å². The first kappa shape index (κ1) is 19.6. The Hall–Kier alpha value is -2.76. The highest BCUT2D eigenvalue weighted by molar-refractivity contribution is 5.86. The van der Waals surface area contributed by atoms with Crippen molar-refractivity contribution in [2.45, 2.75) is 51.4 Å². The first-order chi connectivity index (χ1) is 13.7. The summed E-state index contributed by atoms with van der Waals surface area (Å²) in [5.41, 5.74) is 0.0878. The molecule has 29 heavy (non-hydrogen) atoms. The van der Waals surface area contributed by atoms with Gasteiger partial charge in [-0.05, 0) is 37.1 Å². The highest BCUT2D eigenvalue weighted by Gasteiger charge is 2.47. The SMILES string of the molecule is CC(C)(C)OC(=O)N1CCC2(CC1)CN(Cc1cccc3ccccc13)C(=O)O2. The van der Waals surface area contributed by atoms with E-state index in [9.17, 15) is 9.59 Å². The van der Waals surface area contributed by atoms with Gasteiger partial charge < -0.3 is 14.4 Å². The maximum atomic E-state index is 12.6. The molecule has 2 aliphatic rings. The molecular weight excluding hydrogens is 368 g/mol. The van der Waals surface area contributed by atoms with Crippen molar-refractivity contribution in [3.63, 3.8) is 0 Å². The third kappa shape index (κ3) is 4.16. The molecule has 4 rings (SSSR count). The number of benzene rings is 2. The maximum absolute atomic E-state index is 12.6. The maximum Gasteiger partial charge on any atom is 0.410 e. The quantitative estimate of drug-likeness (QED) is 0.747. The fourth-order valence-corrected chi connectivity index (χ4v) is 4.13. The van der Waals surface area contributed by atoms with E-state index in [0.717, 1.165) is 16.3 Å². The lowest BCUT2D eigenvalue weighted by molar-refractivity contribution is -0.0170. The number of hydrogen-bond donors (Lipinski definition) is 0. The molecule has 2 heterocycles. The summed E-state index contributed by atoms with van der Waals surface area (Å²) in [7, 11) is 0. The lowest BCUT2D eigenvalue weighted by Gasteiger charge is -2.37. The van der Waals surface area contributed by atoms with Gasteiger partial charge in [-0.15, -0.1) is 0 Å². The van der Waals surface area contributed by atoms with Crippen LogP contribution in [0.1, 0.15) is 39.2 Å². The molecule has 2 fully saturated rings. The molecule has 2 aromatic rings. The molecule has 2 aliphatic heterocycles. The van der Waals surface area contributed by atoms with Crippen LogP contribution in [-0.4, -0.2) is 52.8 Å². The Morgan fingerprint density at radius 2 is 1.79 bits per heavy atom. The summed E-state index contributed by atoms with van der Waals surface area (Å²) in [4.78, 5) is 28.4. The van der Waals surface area contributed by atoms with Crippen molar-refractivity contribution < 1.29 is 19.1 Å². The van der Waals surface area contributed by atoms with Crippen molar-refractivity contribution in [2.75, 3.05) is 19.6 Å². The van der Waals surface area contributed by atoms with E-state index in [4.69, 9.17) is 9.47 Å². The highest BCUT2D eigenvalue weighted by atomic mass is 16.6. The molecule has 0 saturated carbocycles. The average molecular weight is 396 g/mol. The minimum Gasteiger partial charge on any atom is -0.444 e. The molecule has 1 spiro atoms. The van der Waals surface area contributed by atoms with Gasteiger partial charge in [0.1, 0.15) is 11.2 Å². The predicted octanol–water partition coefficient (Wildman–Crippen LogP) is 4.56. The zero-order chi connectivity index (χ0) is 20.6. The molecule has 6 heteroatoms. The molecule has 0 aromatic heterocycles. The largest absolute Gasteiger partial charge is 0.444 e. The fraction of sp³-hybridized carbons (Fsp3) is 0.478. The van der Waals surface area contributed by atoms with Crippen molar-refractivity contribution in [2.24, 2.45) is 0 Å². The van der Waals surface area contributed by atoms with E-state index in [2.05, 4.69) is 24.3 Å². The minimum absolute atomic E-state index is 0.274. The second-order valence-corrected chi connectivity index (χ2v) is 9.01. The number of nitrogens with zero attached hydrogens (tertiary/aromatic N) is 2. The number of likely N-dealkylation sites (tertiary alicyclic amines) is 1. The lowest BCUT2D eigenvalue weighted by Crippen LogP contribution is -2.49. The number of hydrogen-bond acceptors (Lipinski definition) is 4. The van der Waals surface area contributed by atoms with Gasteiger partial charge in [0.2, 0.25) is 0 Å². The Morgan fingerprint density at radius 3 is 2.52 bits per heavy atom. The van der Waals surface area contributed by atoms with Crippen molar-refractivity contribution in [1.29, 1.82) is 0 Å². The van der Waals surface area contributed by atoms with Crippen molar-refractivity contribution >= 4 is 23.0 Å². The molecule has 2 aromatic carbocycles. The number of carbonyl (C=O) groups is 2. The van der Waals surface area contributed by atoms with Gasteiger partial charge in [0.25, 0.3) is 0 Å². The number of amides is 2. The monoisotopic (exact) mass is 396 g/mol. The van der Waals surface area contributed by atoms with Gasteiger partial charge in [-0.25, -0.2) is 9.59 Å². The second kappa shape index (κ2) is 7.25. The summed E-state index contributed by atoms with van der Waals surface area (Å²) in [6.07, 6.45) is 0.682. The van der Waals surface area contributed by atoms with Crippen LogP contribution in [0.5, 0.6) is 0 Å². The minimum atomic E-state index is -0.514. The van der Waals surface area contributed by atoms with E-state index < -0.39 is 11.2 Å². The number of rotatable bonds is 2. The molecule has 0 unspecified atom stereocenters. The van der Waals surface area contributed by atoms with Gasteiger partial charge in [0, 0.05) is 32.5 Å². The second-order valence-electron chi connectivity index (χ2n) is 9.01. The number of piperidine rings is 1. The van der Waals surface area contributed by atoms with E-state index in [-0.39, 0.29) is 12.2 Å². The summed E-state index contributed by atoms with van der Waals surface area (Å²) >= 11 is 0. The van der Waals surface area contributed by atoms with Crippen molar-refractivity contribution in [1.82, 2.24) is 9.80 Å². The summed E-state index contributed by atoms with van der Waals surface area (Å²) < 4.78 is 11.3. The van der Waals surface area contributed by atoms with E-state index in [0.29, 0.717) is 39.0 Å². The lowest BCUT2D eigenvalue weighted by atomic mass is 9.91. The molecule has 0 N–H and O–H groups in total. The molecule has 6 nitrogen and oxygen atoms in total. The fourth-order valence-electron chi connectivity index (χ4n) is 4.13. The van der Waals surface area contributed by atoms with E-state index >= 15 is 0 Å². The molecule has 154 valence electrons. The molecule has 2 amide bonds. The van der Waals surface area contributed by atoms with Crippen LogP contribution in [0.15, 0.2) is 42.5 Å². The Balaban J connectivity index is 1.41. The summed E-state index contributed by atoms with van der Waals surface area (Å²) in [5, 5.41) is 2.32. The normalized spacial score (nSPS) is 18.9. The molecule has 0 bridgehead atoms. The van der Waals surface area contributed by atoms with Gasteiger partial charge in [-0.3, -0.25) is 4.90 Å². The molecule has 0 aliphatic carbocycles. The summed E-state index contributed by atoms with van der Waals surface area (Å²) in [6.45, 7) is 7.73. The Labute approximate surface area is 171 Å². The standard InChI is InChI=1S/C23H28N2O4/c1-22(2,3)28-20(26)24-13-11-23(12-14-24)16-25(21(27)29-23)15-18-9-6-8-17-7-4-5-10-19(17)18/h4-10H,11-16H2,1-3H3. The summed E-state index contributed by atoms with van der Waals surface area (Å²) in [6, 6.07) is 14.4. The molecule has 0 radical (unpaired) electrons. The van der Waals surface area contributed by atoms with Gasteiger partial charge in [0.05, 0.1) is 6.54 Å². The average Bonchev–Trinajstić information content (AvgIpc) is 2.96. The Kier molecular flexibility index (Phi) is 4.89. The third-order valence-corrected chi connectivity index (χ3v) is 5.61. The molecule has 0 atom stereocenters. The van der Waals surface area contributed by atoms with Crippen molar-refractivity contribution in [3.05, 3.63) is 48.0 Å². The number of fused-ring (bicyclic) bond motifs is 1. The van der Waals surface area contributed by atoms with E-state index in [1.165, 1.54) is 0 Å². The Morgan fingerprint density at radius 1 is 1.10 bits per heavy atom. The van der Waals surface area contributed by atoms with Crippen LogP contribution in [-0.2, 0) is 16.0 Å². The van der Waals surface area contributed by atoms with Crippen LogP contribution in [0.25, 0.3) is 10.8 Å². The van der Waals surface area contributed by atoms with Crippen LogP contribution in [0, 0.1) is 0 Å². The third-order valence-electron chi connectivity index (χ3n) is 5.61. The predicted molar refractivity (Wildman–Crippen MR) is 111 cm³/mol. The van der Waals surface area contributed by atoms with Crippen LogP contribution in [0.2, 0.25) is 0 Å². The van der Waals surface area contributed by atoms with Crippen LogP contribution in [0.3, 0.4) is 0 Å². The van der Waals surface area contributed by atoms with E-state index in [1.807, 2.05) is 39.0 Å². The Bertz CT molecular complexity index is 921. The van der Waals surface area contributed by atoms with Gasteiger partial charge in [0.15, 0.2) is 0 Å². The summed E-state index contributed by atoms with van der Waals surface area (Å²) in [5.74, 6) is 0.